The van der Waals surface area contributed by atoms with Crippen molar-refractivity contribution in [1.29, 1.82) is 0 Å². The Balaban J connectivity index is 1.56. The van der Waals surface area contributed by atoms with E-state index in [0.717, 1.165) is 15.6 Å². The number of hydrogen-bond acceptors (Lipinski definition) is 6. The van der Waals surface area contributed by atoms with Gasteiger partial charge in [0.05, 0.1) is 30.5 Å². The first-order valence-corrected chi connectivity index (χ1v) is 12.0. The monoisotopic (exact) mass is 573 g/mol. The first-order valence-electron chi connectivity index (χ1n) is 10.4. The zero-order valence-electron chi connectivity index (χ0n) is 19.3. The molecule has 8 nitrogen and oxygen atoms in total. The lowest BCUT2D eigenvalue weighted by Gasteiger charge is -2.14. The Hall–Kier alpha value is -3.21. The largest absolute Gasteiger partial charge is 0.496 e. The molecular weight excluding hydrogens is 554 g/mol. The van der Waals surface area contributed by atoms with Crippen molar-refractivity contribution in [3.05, 3.63) is 68.7 Å². The number of aryl methyl sites for hydroxylation is 2. The van der Waals surface area contributed by atoms with Gasteiger partial charge in [0.2, 0.25) is 0 Å². The third-order valence-electron chi connectivity index (χ3n) is 5.26. The van der Waals surface area contributed by atoms with Gasteiger partial charge >= 0.3 is 0 Å². The van der Waals surface area contributed by atoms with E-state index in [1.54, 1.807) is 25.3 Å². The van der Waals surface area contributed by atoms with Gasteiger partial charge in [0, 0.05) is 10.2 Å². The Morgan fingerprint density at radius 3 is 2.40 bits per heavy atom. The molecule has 0 fully saturated rings. The summed E-state index contributed by atoms with van der Waals surface area (Å²) in [6.45, 7) is 3.78. The van der Waals surface area contributed by atoms with Gasteiger partial charge in [0.15, 0.2) is 5.11 Å². The van der Waals surface area contributed by atoms with Crippen LogP contribution in [0.1, 0.15) is 21.5 Å². The number of anilines is 1. The lowest BCUT2D eigenvalue weighted by Crippen LogP contribution is -2.34. The topological polar surface area (TPSA) is 90.3 Å². The number of methoxy groups -OCH3 is 2. The van der Waals surface area contributed by atoms with Crippen LogP contribution in [0.15, 0.2) is 46.9 Å². The zero-order valence-corrected chi connectivity index (χ0v) is 22.4. The third kappa shape index (κ3) is 5.24. The van der Waals surface area contributed by atoms with Crippen molar-refractivity contribution in [3.8, 4) is 17.2 Å². The van der Waals surface area contributed by atoms with Crippen LogP contribution in [0.3, 0.4) is 0 Å². The van der Waals surface area contributed by atoms with Crippen LogP contribution in [0.5, 0.6) is 11.5 Å². The molecule has 0 radical (unpaired) electrons. The van der Waals surface area contributed by atoms with Crippen molar-refractivity contribution in [2.75, 3.05) is 19.5 Å². The highest BCUT2D eigenvalue weighted by Gasteiger charge is 2.17. The van der Waals surface area contributed by atoms with E-state index in [1.165, 1.54) is 11.9 Å². The van der Waals surface area contributed by atoms with E-state index in [0.29, 0.717) is 44.5 Å². The molecule has 1 heterocycles. The van der Waals surface area contributed by atoms with Crippen LogP contribution in [-0.4, -0.2) is 40.2 Å². The fourth-order valence-electron chi connectivity index (χ4n) is 3.59. The molecule has 0 saturated heterocycles. The fourth-order valence-corrected chi connectivity index (χ4v) is 4.62. The Morgan fingerprint density at radius 2 is 1.74 bits per heavy atom. The van der Waals surface area contributed by atoms with Gasteiger partial charge in [-0.2, -0.15) is 4.80 Å². The number of ether oxygens (including phenoxy) is 2. The van der Waals surface area contributed by atoms with E-state index in [2.05, 4.69) is 36.8 Å². The molecule has 180 valence electrons. The van der Waals surface area contributed by atoms with Gasteiger partial charge in [-0.05, 0) is 79.7 Å². The maximum atomic E-state index is 12.9. The SMILES string of the molecule is COc1ccc(-n2nc3cc(C)c(NC(=S)NC(=O)c4cc(Br)cc(C)c4OC)cc3n2)cc1Cl. The molecule has 0 saturated carbocycles. The van der Waals surface area contributed by atoms with Crippen LogP contribution in [0.25, 0.3) is 16.7 Å². The average molecular weight is 575 g/mol. The van der Waals surface area contributed by atoms with Crippen molar-refractivity contribution in [3.63, 3.8) is 0 Å². The fraction of sp³-hybridized carbons (Fsp3) is 0.167. The highest BCUT2D eigenvalue weighted by Crippen LogP contribution is 2.29. The minimum absolute atomic E-state index is 0.145. The van der Waals surface area contributed by atoms with Gasteiger partial charge in [-0.25, -0.2) is 0 Å². The zero-order chi connectivity index (χ0) is 25.3. The van der Waals surface area contributed by atoms with Gasteiger partial charge < -0.3 is 14.8 Å². The summed E-state index contributed by atoms with van der Waals surface area (Å²) in [5, 5.41) is 15.5. The van der Waals surface area contributed by atoms with Gasteiger partial charge in [-0.1, -0.05) is 27.5 Å². The molecule has 4 aromatic rings. The number of amides is 1. The van der Waals surface area contributed by atoms with Crippen molar-refractivity contribution < 1.29 is 14.3 Å². The lowest BCUT2D eigenvalue weighted by atomic mass is 10.1. The molecule has 0 bridgehead atoms. The highest BCUT2D eigenvalue weighted by atomic mass is 79.9. The summed E-state index contributed by atoms with van der Waals surface area (Å²) in [4.78, 5) is 14.4. The number of benzene rings is 3. The predicted molar refractivity (Wildman–Crippen MR) is 144 cm³/mol. The van der Waals surface area contributed by atoms with Crippen LogP contribution in [-0.2, 0) is 0 Å². The number of thiocarbonyl (C=S) groups is 1. The van der Waals surface area contributed by atoms with E-state index in [9.17, 15) is 4.79 Å². The molecule has 0 aliphatic rings. The lowest BCUT2D eigenvalue weighted by molar-refractivity contribution is 0.0974. The van der Waals surface area contributed by atoms with Gasteiger partial charge in [0.25, 0.3) is 5.91 Å². The molecule has 35 heavy (non-hydrogen) atoms. The smallest absolute Gasteiger partial charge is 0.261 e. The normalized spacial score (nSPS) is 10.8. The summed E-state index contributed by atoms with van der Waals surface area (Å²) in [7, 11) is 3.08. The van der Waals surface area contributed by atoms with Gasteiger partial charge in [-0.15, -0.1) is 10.2 Å². The molecule has 3 aromatic carbocycles. The maximum Gasteiger partial charge on any atom is 0.261 e. The van der Waals surface area contributed by atoms with Crippen molar-refractivity contribution in [2.45, 2.75) is 13.8 Å². The second-order valence-corrected chi connectivity index (χ2v) is 9.41. The molecule has 2 N–H and O–H groups in total. The van der Waals surface area contributed by atoms with Crippen LogP contribution < -0.4 is 20.1 Å². The molecule has 0 aliphatic heterocycles. The Morgan fingerprint density at radius 1 is 1.03 bits per heavy atom. The van der Waals surface area contributed by atoms with E-state index < -0.39 is 0 Å². The van der Waals surface area contributed by atoms with Crippen molar-refractivity contribution in [1.82, 2.24) is 20.3 Å². The minimum Gasteiger partial charge on any atom is -0.496 e. The number of hydrogen-bond donors (Lipinski definition) is 2. The second-order valence-electron chi connectivity index (χ2n) is 7.68. The molecule has 4 rings (SSSR count). The Bertz CT molecular complexity index is 1470. The standard InChI is InChI=1S/C24H21BrClN5O3S/c1-12-8-19-20(30-31(29-19)15-5-6-21(33-3)17(26)10-15)11-18(12)27-24(35)28-23(32)16-9-14(25)7-13(2)22(16)34-4/h5-11H,1-4H3,(H2,27,28,32,35). The predicted octanol–water partition coefficient (Wildman–Crippen LogP) is 5.60. The minimum atomic E-state index is -0.384. The Labute approximate surface area is 220 Å². The van der Waals surface area contributed by atoms with Crippen LogP contribution in [0.2, 0.25) is 5.02 Å². The number of rotatable bonds is 5. The second kappa shape index (κ2) is 10.2. The summed E-state index contributed by atoms with van der Waals surface area (Å²) in [5.74, 6) is 0.673. The molecule has 0 spiro atoms. The summed E-state index contributed by atoms with van der Waals surface area (Å²) in [5.41, 5.74) is 4.81. The molecular formula is C24H21BrClN5O3S. The Kier molecular flexibility index (Phi) is 7.25. The molecule has 1 aromatic heterocycles. The first-order chi connectivity index (χ1) is 16.7. The summed E-state index contributed by atoms with van der Waals surface area (Å²) < 4.78 is 11.4. The average Bonchev–Trinajstić information content (AvgIpc) is 3.21. The summed E-state index contributed by atoms with van der Waals surface area (Å²) >= 11 is 15.1. The molecule has 11 heteroatoms. The summed E-state index contributed by atoms with van der Waals surface area (Å²) in [6, 6.07) is 12.6. The number of nitrogens with zero attached hydrogens (tertiary/aromatic N) is 3. The van der Waals surface area contributed by atoms with Crippen LogP contribution in [0, 0.1) is 13.8 Å². The third-order valence-corrected chi connectivity index (χ3v) is 6.21. The van der Waals surface area contributed by atoms with E-state index in [4.69, 9.17) is 33.3 Å². The maximum absolute atomic E-state index is 12.9. The van der Waals surface area contributed by atoms with Gasteiger partial charge in [0.1, 0.15) is 22.5 Å². The molecule has 1 amide bonds. The number of carbonyl (C=O) groups excluding carboxylic acids is 1. The quantitative estimate of drug-likeness (QED) is 0.300. The highest BCUT2D eigenvalue weighted by molar-refractivity contribution is 9.10. The number of halogens is 2. The number of aromatic nitrogens is 3. The molecule has 0 aliphatic carbocycles. The molecule has 0 atom stereocenters. The number of fused-ring (bicyclic) bond motifs is 1. The van der Waals surface area contributed by atoms with E-state index in [1.807, 2.05) is 38.1 Å². The summed E-state index contributed by atoms with van der Waals surface area (Å²) in [6.07, 6.45) is 0. The van der Waals surface area contributed by atoms with Gasteiger partial charge in [-0.3, -0.25) is 10.1 Å². The van der Waals surface area contributed by atoms with E-state index >= 15 is 0 Å². The first kappa shape index (κ1) is 24.9. The van der Waals surface area contributed by atoms with E-state index in [-0.39, 0.29) is 11.0 Å². The number of carbonyl (C=O) groups is 1. The molecule has 0 unspecified atom stereocenters. The van der Waals surface area contributed by atoms with Crippen LogP contribution in [0.4, 0.5) is 5.69 Å². The van der Waals surface area contributed by atoms with Crippen molar-refractivity contribution >= 4 is 67.5 Å². The van der Waals surface area contributed by atoms with Crippen molar-refractivity contribution in [2.24, 2.45) is 0 Å². The van der Waals surface area contributed by atoms with Crippen LogP contribution >= 0.6 is 39.7 Å². The number of nitrogens with one attached hydrogen (secondary N) is 2.